The van der Waals surface area contributed by atoms with Crippen molar-refractivity contribution in [2.75, 3.05) is 49.7 Å². The molecule has 4 heterocycles. The van der Waals surface area contributed by atoms with E-state index in [1.807, 2.05) is 12.1 Å². The summed E-state index contributed by atoms with van der Waals surface area (Å²) in [6, 6.07) is 10.4. The molecule has 0 unspecified atom stereocenters. The Labute approximate surface area is 220 Å². The lowest BCUT2D eigenvalue weighted by atomic mass is 10.0. The number of nitrogens with zero attached hydrogens (tertiary/aromatic N) is 5. The highest BCUT2D eigenvalue weighted by molar-refractivity contribution is 5.94. The van der Waals surface area contributed by atoms with Gasteiger partial charge in [0.25, 0.3) is 5.91 Å². The average Bonchev–Trinajstić information content (AvgIpc) is 2.96. The molecule has 198 valence electrons. The Morgan fingerprint density at radius 3 is 2.74 bits per heavy atom. The fourth-order valence-electron chi connectivity index (χ4n) is 4.70. The van der Waals surface area contributed by atoms with Crippen molar-refractivity contribution in [2.45, 2.75) is 25.9 Å². The number of anilines is 2. The minimum absolute atomic E-state index is 0.0457. The van der Waals surface area contributed by atoms with E-state index in [1.165, 1.54) is 0 Å². The van der Waals surface area contributed by atoms with Gasteiger partial charge in [-0.25, -0.2) is 19.2 Å². The fourth-order valence-corrected chi connectivity index (χ4v) is 4.70. The number of carbonyl (C=O) groups excluding carboxylic acids is 2. The third-order valence-corrected chi connectivity index (χ3v) is 6.66. The highest BCUT2D eigenvalue weighted by Gasteiger charge is 2.30. The number of pyridine rings is 1. The van der Waals surface area contributed by atoms with Crippen LogP contribution in [0.15, 0.2) is 48.8 Å². The maximum atomic E-state index is 13.1. The quantitative estimate of drug-likeness (QED) is 0.515. The van der Waals surface area contributed by atoms with Crippen LogP contribution in [-0.2, 0) is 17.7 Å². The van der Waals surface area contributed by atoms with Crippen LogP contribution >= 0.6 is 0 Å². The zero-order chi connectivity index (χ0) is 26.5. The molecular weight excluding hydrogens is 489 g/mol. The number of rotatable bonds is 6. The van der Waals surface area contributed by atoms with Crippen molar-refractivity contribution in [1.82, 2.24) is 25.2 Å². The third kappa shape index (κ3) is 5.57. The zero-order valence-electron chi connectivity index (χ0n) is 21.2. The molecule has 0 saturated carbocycles. The molecule has 1 atom stereocenters. The largest absolute Gasteiger partial charge is 0.377 e. The molecular formula is C27H30FN7O3. The molecule has 2 aliphatic rings. The van der Waals surface area contributed by atoms with E-state index in [4.69, 9.17) is 14.7 Å². The smallest absolute Gasteiger partial charge is 0.319 e. The van der Waals surface area contributed by atoms with Gasteiger partial charge in [-0.15, -0.1) is 0 Å². The maximum absolute atomic E-state index is 13.1. The first kappa shape index (κ1) is 25.5. The van der Waals surface area contributed by atoms with E-state index in [0.717, 1.165) is 29.2 Å². The van der Waals surface area contributed by atoms with E-state index < -0.39 is 12.7 Å². The lowest BCUT2D eigenvalue weighted by Gasteiger charge is -2.37. The second-order valence-corrected chi connectivity index (χ2v) is 9.28. The van der Waals surface area contributed by atoms with Crippen LogP contribution in [0.3, 0.4) is 0 Å². The van der Waals surface area contributed by atoms with Gasteiger partial charge in [0.05, 0.1) is 37.1 Å². The van der Waals surface area contributed by atoms with Crippen LogP contribution in [0.25, 0.3) is 11.4 Å². The molecule has 3 amide bonds. The van der Waals surface area contributed by atoms with E-state index in [2.05, 4.69) is 27.4 Å². The first-order valence-corrected chi connectivity index (χ1v) is 12.7. The summed E-state index contributed by atoms with van der Waals surface area (Å²) in [7, 11) is 0. The minimum atomic E-state index is -0.628. The summed E-state index contributed by atoms with van der Waals surface area (Å²) in [5, 5.41) is 5.11. The molecule has 0 radical (unpaired) electrons. The van der Waals surface area contributed by atoms with Crippen molar-refractivity contribution >= 4 is 23.4 Å². The van der Waals surface area contributed by atoms with Crippen molar-refractivity contribution < 1.29 is 18.7 Å². The number of nitrogens with one attached hydrogen (secondary N) is 2. The maximum Gasteiger partial charge on any atom is 0.319 e. The van der Waals surface area contributed by atoms with Gasteiger partial charge in [-0.2, -0.15) is 0 Å². The topological polar surface area (TPSA) is 113 Å². The Kier molecular flexibility index (Phi) is 7.73. The van der Waals surface area contributed by atoms with Crippen LogP contribution in [0, 0.1) is 0 Å². The molecule has 1 fully saturated rings. The third-order valence-electron chi connectivity index (χ3n) is 6.66. The van der Waals surface area contributed by atoms with Crippen LogP contribution in [0.4, 0.5) is 20.7 Å². The number of halogens is 1. The van der Waals surface area contributed by atoms with Gasteiger partial charge >= 0.3 is 6.03 Å². The van der Waals surface area contributed by atoms with Crippen molar-refractivity contribution in [3.8, 4) is 11.4 Å². The average molecular weight is 520 g/mol. The van der Waals surface area contributed by atoms with Gasteiger partial charge in [-0.3, -0.25) is 9.78 Å². The number of alkyl halides is 1. The lowest BCUT2D eigenvalue weighted by molar-refractivity contribution is 0.0731. The lowest BCUT2D eigenvalue weighted by Crippen LogP contribution is -2.45. The summed E-state index contributed by atoms with van der Waals surface area (Å²) < 4.78 is 18.0. The molecule has 38 heavy (non-hydrogen) atoms. The van der Waals surface area contributed by atoms with E-state index in [9.17, 15) is 14.0 Å². The highest BCUT2D eigenvalue weighted by atomic mass is 19.1. The number of carbonyl (C=O) groups is 2. The Morgan fingerprint density at radius 1 is 1.16 bits per heavy atom. The Morgan fingerprint density at radius 2 is 2.00 bits per heavy atom. The van der Waals surface area contributed by atoms with Gasteiger partial charge in [0, 0.05) is 48.8 Å². The normalized spacial score (nSPS) is 17.1. The number of ether oxygens (including phenoxy) is 1. The molecule has 1 aromatic carbocycles. The predicted molar refractivity (Wildman–Crippen MR) is 141 cm³/mol. The summed E-state index contributed by atoms with van der Waals surface area (Å²) in [5.41, 5.74) is 3.77. The molecule has 0 aliphatic carbocycles. The van der Waals surface area contributed by atoms with Crippen molar-refractivity contribution in [1.29, 1.82) is 0 Å². The van der Waals surface area contributed by atoms with Gasteiger partial charge < -0.3 is 25.2 Å². The monoisotopic (exact) mass is 519 g/mol. The van der Waals surface area contributed by atoms with Gasteiger partial charge in [-0.05, 0) is 49.7 Å². The van der Waals surface area contributed by atoms with Crippen LogP contribution in [0.1, 0.15) is 28.5 Å². The molecule has 3 aromatic rings. The summed E-state index contributed by atoms with van der Waals surface area (Å²) in [5.74, 6) is 1.34. The van der Waals surface area contributed by atoms with Crippen molar-refractivity contribution in [2.24, 2.45) is 0 Å². The molecule has 2 aromatic heterocycles. The number of fused-ring (bicyclic) bond motifs is 1. The number of amides is 3. The van der Waals surface area contributed by atoms with Crippen molar-refractivity contribution in [3.05, 3.63) is 65.6 Å². The van der Waals surface area contributed by atoms with Crippen LogP contribution in [0.2, 0.25) is 0 Å². The standard InChI is InChI=1S/C27H30FN7O3/c1-18-17-38-14-13-35(18)25-22-8-12-34(26(36)20-3-2-10-29-15-20)16-23(22)32-24(33-25)19-4-6-21(7-5-19)31-27(37)30-11-9-28/h2-7,10,15,18H,8-9,11-14,16-17H2,1H3,(H2,30,31,37)/t18-/m0/s1. The molecule has 2 aliphatic heterocycles. The highest BCUT2D eigenvalue weighted by Crippen LogP contribution is 2.32. The number of hydrogen-bond donors (Lipinski definition) is 2. The second kappa shape index (κ2) is 11.5. The molecule has 1 saturated heterocycles. The summed E-state index contributed by atoms with van der Waals surface area (Å²) in [6.45, 7) is 4.34. The Balaban J connectivity index is 1.45. The second-order valence-electron chi connectivity index (χ2n) is 9.28. The summed E-state index contributed by atoms with van der Waals surface area (Å²) in [6.07, 6.45) is 3.88. The van der Waals surface area contributed by atoms with E-state index in [-0.39, 0.29) is 18.5 Å². The van der Waals surface area contributed by atoms with Crippen LogP contribution in [-0.4, -0.2) is 77.4 Å². The van der Waals surface area contributed by atoms with E-state index >= 15 is 0 Å². The first-order chi connectivity index (χ1) is 18.5. The molecule has 5 rings (SSSR count). The predicted octanol–water partition coefficient (Wildman–Crippen LogP) is 3.05. The fraction of sp³-hybridized carbons (Fsp3) is 0.370. The zero-order valence-corrected chi connectivity index (χ0v) is 21.2. The molecule has 10 nitrogen and oxygen atoms in total. The number of morpholine rings is 1. The van der Waals surface area contributed by atoms with Gasteiger partial charge in [0.15, 0.2) is 5.82 Å². The molecule has 11 heteroatoms. The number of hydrogen-bond acceptors (Lipinski definition) is 7. The van der Waals surface area contributed by atoms with E-state index in [1.54, 1.807) is 41.6 Å². The van der Waals surface area contributed by atoms with Crippen molar-refractivity contribution in [3.63, 3.8) is 0 Å². The van der Waals surface area contributed by atoms with Gasteiger partial charge in [-0.1, -0.05) is 0 Å². The Bertz CT molecular complexity index is 1290. The SMILES string of the molecule is C[C@H]1COCCN1c1nc(-c2ccc(NC(=O)NCCF)cc2)nc2c1CCN(C(=O)c1cccnc1)C2. The number of urea groups is 1. The minimum Gasteiger partial charge on any atom is -0.377 e. The molecule has 0 spiro atoms. The van der Waals surface area contributed by atoms with E-state index in [0.29, 0.717) is 49.8 Å². The Hall–Kier alpha value is -4.12. The number of benzene rings is 1. The van der Waals surface area contributed by atoms with Gasteiger partial charge in [0.1, 0.15) is 12.5 Å². The summed E-state index contributed by atoms with van der Waals surface area (Å²) >= 11 is 0. The van der Waals surface area contributed by atoms with Gasteiger partial charge in [0.2, 0.25) is 0 Å². The molecule has 2 N–H and O–H groups in total. The van der Waals surface area contributed by atoms with Crippen LogP contribution < -0.4 is 15.5 Å². The molecule has 0 bridgehead atoms. The first-order valence-electron chi connectivity index (χ1n) is 12.7. The van der Waals surface area contributed by atoms with Crippen LogP contribution in [0.5, 0.6) is 0 Å². The summed E-state index contributed by atoms with van der Waals surface area (Å²) in [4.78, 5) is 43.0. The number of aromatic nitrogens is 3.